The van der Waals surface area contributed by atoms with E-state index >= 15 is 0 Å². The summed E-state index contributed by atoms with van der Waals surface area (Å²) >= 11 is 0. The van der Waals surface area contributed by atoms with Crippen molar-refractivity contribution in [2.45, 2.75) is 76.8 Å². The van der Waals surface area contributed by atoms with Gasteiger partial charge in [-0.15, -0.1) is 0 Å². The minimum atomic E-state index is -1.15. The van der Waals surface area contributed by atoms with E-state index in [0.29, 0.717) is 19.5 Å². The number of nitrogens with one attached hydrogen (secondary N) is 2. The van der Waals surface area contributed by atoms with Gasteiger partial charge >= 0.3 is 5.69 Å². The molecule has 0 saturated carbocycles. The van der Waals surface area contributed by atoms with Crippen molar-refractivity contribution in [2.75, 3.05) is 98.2 Å². The van der Waals surface area contributed by atoms with E-state index in [9.17, 15) is 38.4 Å². The number of primary amides is 1. The van der Waals surface area contributed by atoms with Gasteiger partial charge in [0.2, 0.25) is 35.4 Å². The lowest BCUT2D eigenvalue weighted by atomic mass is 10.1. The van der Waals surface area contributed by atoms with Crippen LogP contribution in [-0.2, 0) is 49.4 Å². The fourth-order valence-corrected chi connectivity index (χ4v) is 7.62. The summed E-state index contributed by atoms with van der Waals surface area (Å²) < 4.78 is 3.67. The maximum Gasteiger partial charge on any atom is 0.332 e. The molecule has 2 aromatic rings. The molecular weight excluding hydrogens is 993 g/mol. The molecule has 32 nitrogen and oxygen atoms in total. The Hall–Kier alpha value is -8.03. The highest BCUT2D eigenvalue weighted by Gasteiger charge is 2.29. The highest BCUT2D eigenvalue weighted by atomic mass is 16.2. The van der Waals surface area contributed by atoms with Crippen LogP contribution in [0, 0.1) is 0 Å². The zero-order chi connectivity index (χ0) is 56.7. The van der Waals surface area contributed by atoms with E-state index in [4.69, 9.17) is 57.3 Å². The molecule has 0 bridgehead atoms. The Labute approximate surface area is 440 Å². The van der Waals surface area contributed by atoms with Crippen molar-refractivity contribution < 1.29 is 28.8 Å². The molecule has 0 fully saturated rings. The number of fused-ring (bicyclic) bond motifs is 1. The van der Waals surface area contributed by atoms with Crippen LogP contribution < -0.4 is 79.2 Å². The zero-order valence-electron chi connectivity index (χ0n) is 43.9. The number of aryl methyl sites for hydroxylation is 2. The molecule has 0 unspecified atom stereocenters. The molecule has 426 valence electrons. The Morgan fingerprint density at radius 1 is 0.579 bits per heavy atom. The minimum Gasteiger partial charge on any atom is -0.370 e. The number of amides is 6. The van der Waals surface area contributed by atoms with Gasteiger partial charge < -0.3 is 92.1 Å². The zero-order valence-corrected chi connectivity index (χ0v) is 43.9. The summed E-state index contributed by atoms with van der Waals surface area (Å²) in [5.74, 6) is -4.74. The minimum absolute atomic E-state index is 0.0605. The highest BCUT2D eigenvalue weighted by molar-refractivity contribution is 5.92. The molecule has 6 amide bonds. The molecule has 32 heteroatoms. The van der Waals surface area contributed by atoms with Crippen LogP contribution in [0.1, 0.15) is 64.2 Å². The van der Waals surface area contributed by atoms with Crippen molar-refractivity contribution in [1.82, 2.24) is 48.9 Å². The fraction of sp³-hybridized carbons (Fsp3) is 0.659. The molecule has 0 aliphatic rings. The first-order valence-electron chi connectivity index (χ1n) is 25.0. The number of hydrogen-bond donors (Lipinski definition) is 12. The van der Waals surface area contributed by atoms with Gasteiger partial charge in [0.15, 0.2) is 35.0 Å². The van der Waals surface area contributed by atoms with Gasteiger partial charge in [0.1, 0.15) is 6.04 Å². The number of imidazole rings is 1. The number of unbranched alkanes of at least 4 members (excludes halogenated alkanes) is 3. The Morgan fingerprint density at radius 2 is 1.03 bits per heavy atom. The summed E-state index contributed by atoms with van der Waals surface area (Å²) in [5.41, 5.74) is 54.3. The molecular formula is C44H82N24O8. The molecule has 2 aromatic heterocycles. The van der Waals surface area contributed by atoms with E-state index in [0.717, 1.165) is 35.2 Å². The average molecular weight is 1080 g/mol. The van der Waals surface area contributed by atoms with Crippen molar-refractivity contribution in [3.63, 3.8) is 0 Å². The number of carbonyl (C=O) groups excluding carboxylic acids is 6. The number of aromatic nitrogens is 4. The summed E-state index contributed by atoms with van der Waals surface area (Å²) in [4.78, 5) is 134. The Balaban J connectivity index is 2.57. The standard InChI is InChI=1S/C44H82N24O8/c1-62-38-36(39(75)63(2)44(62)76)68(29-60-38)23-11-22-67(27-33(71)64(19-8-16-57-41(49)50)25-31(69)61-30(37(46)74)12-7-15-56-40(47)48)35(73)28-66(21-10-18-59-43(53)54)34(72)26-65(20-9-17-58-42(51)52)32(70)24-55-14-6-4-3-5-13-45/h29-30,55H,3-28,45H2,1-2H3,(H2,46,74)(H,61,69)(H4,47,48,56)(H4,49,50,57)(H4,51,52,58)(H4,53,54,59)/t30-/m1/s1. The number of guanidine groups is 4. The second-order valence-corrected chi connectivity index (χ2v) is 17.8. The van der Waals surface area contributed by atoms with Crippen LogP contribution in [-0.4, -0.2) is 202 Å². The maximum atomic E-state index is 14.7. The molecule has 0 radical (unpaired) electrons. The summed E-state index contributed by atoms with van der Waals surface area (Å²) in [6.07, 6.45) is 6.05. The Bertz CT molecular complexity index is 2450. The SMILES string of the molecule is Cn1c(=O)c2c(ncn2CCCN(CC(=O)N(CCCN=C(N)N)CC(=O)N[C@H](CCCN=C(N)N)C(N)=O)C(=O)CN(CCCN=C(N)N)C(=O)CN(CCCN=C(N)N)C(=O)CNCCCCCCN)n(C)c1=O. The van der Waals surface area contributed by atoms with Crippen LogP contribution in [0.4, 0.5) is 0 Å². The number of hydrogen-bond acceptors (Lipinski definition) is 15. The van der Waals surface area contributed by atoms with Crippen LogP contribution >= 0.6 is 0 Å². The van der Waals surface area contributed by atoms with Gasteiger partial charge in [-0.05, 0) is 64.5 Å². The number of nitrogens with two attached hydrogens (primary N) is 10. The predicted octanol–water partition coefficient (Wildman–Crippen LogP) is -7.74. The second-order valence-electron chi connectivity index (χ2n) is 17.8. The maximum absolute atomic E-state index is 14.7. The van der Waals surface area contributed by atoms with Crippen LogP contribution in [0.15, 0.2) is 35.9 Å². The van der Waals surface area contributed by atoms with Crippen molar-refractivity contribution in [3.8, 4) is 0 Å². The lowest BCUT2D eigenvalue weighted by Gasteiger charge is -2.31. The first kappa shape index (κ1) is 64.1. The van der Waals surface area contributed by atoms with E-state index in [1.807, 2.05) is 0 Å². The number of nitrogens with zero attached hydrogens (tertiary/aromatic N) is 12. The van der Waals surface area contributed by atoms with Gasteiger partial charge in [0, 0.05) is 73.0 Å². The van der Waals surface area contributed by atoms with Gasteiger partial charge in [-0.2, -0.15) is 0 Å². The topological polar surface area (TPSA) is 511 Å². The van der Waals surface area contributed by atoms with Gasteiger partial charge in [-0.1, -0.05) is 12.8 Å². The summed E-state index contributed by atoms with van der Waals surface area (Å²) in [6, 6.07) is -1.15. The molecule has 0 aliphatic carbocycles. The van der Waals surface area contributed by atoms with Crippen molar-refractivity contribution >= 4 is 70.4 Å². The van der Waals surface area contributed by atoms with Gasteiger partial charge in [0.05, 0.1) is 39.1 Å². The fourth-order valence-electron chi connectivity index (χ4n) is 7.62. The summed E-state index contributed by atoms with van der Waals surface area (Å²) in [5, 5.41) is 5.67. The molecule has 0 aromatic carbocycles. The normalized spacial score (nSPS) is 11.2. The van der Waals surface area contributed by atoms with Crippen molar-refractivity contribution in [2.24, 2.45) is 91.4 Å². The quantitative estimate of drug-likeness (QED) is 0.0169. The molecule has 0 aliphatic heterocycles. The van der Waals surface area contributed by atoms with Crippen LogP contribution in [0.3, 0.4) is 0 Å². The molecule has 2 rings (SSSR count). The van der Waals surface area contributed by atoms with Crippen LogP contribution in [0.5, 0.6) is 0 Å². The van der Waals surface area contributed by atoms with Crippen LogP contribution in [0.2, 0.25) is 0 Å². The molecule has 2 heterocycles. The van der Waals surface area contributed by atoms with E-state index in [1.54, 1.807) is 0 Å². The first-order valence-corrected chi connectivity index (χ1v) is 25.0. The van der Waals surface area contributed by atoms with Crippen molar-refractivity contribution in [1.29, 1.82) is 0 Å². The van der Waals surface area contributed by atoms with E-state index in [1.165, 1.54) is 44.3 Å². The summed E-state index contributed by atoms with van der Waals surface area (Å²) in [6.45, 7) is -0.881. The smallest absolute Gasteiger partial charge is 0.332 e. The lowest BCUT2D eigenvalue weighted by Crippen LogP contribution is -2.52. The lowest BCUT2D eigenvalue weighted by molar-refractivity contribution is -0.146. The molecule has 22 N–H and O–H groups in total. The van der Waals surface area contributed by atoms with E-state index < -0.39 is 78.9 Å². The second kappa shape index (κ2) is 34.5. The number of aliphatic imine (C=N–C) groups is 4. The third kappa shape index (κ3) is 23.9. The van der Waals surface area contributed by atoms with E-state index in [2.05, 4.69) is 35.6 Å². The molecule has 1 atom stereocenters. The van der Waals surface area contributed by atoms with Gasteiger partial charge in [-0.25, -0.2) is 9.78 Å². The van der Waals surface area contributed by atoms with E-state index in [-0.39, 0.29) is 133 Å². The molecule has 0 spiro atoms. The third-order valence-electron chi connectivity index (χ3n) is 11.6. The molecule has 76 heavy (non-hydrogen) atoms. The molecule has 0 saturated heterocycles. The largest absolute Gasteiger partial charge is 0.370 e. The van der Waals surface area contributed by atoms with Gasteiger partial charge in [0.25, 0.3) is 5.56 Å². The third-order valence-corrected chi connectivity index (χ3v) is 11.6. The van der Waals surface area contributed by atoms with Crippen LogP contribution in [0.25, 0.3) is 11.2 Å². The Morgan fingerprint density at radius 3 is 1.50 bits per heavy atom. The summed E-state index contributed by atoms with van der Waals surface area (Å²) in [7, 11) is 2.80. The predicted molar refractivity (Wildman–Crippen MR) is 288 cm³/mol. The van der Waals surface area contributed by atoms with Crippen molar-refractivity contribution in [3.05, 3.63) is 27.2 Å². The van der Waals surface area contributed by atoms with Gasteiger partial charge in [-0.3, -0.25) is 62.7 Å². The average Bonchev–Trinajstić information content (AvgIpc) is 3.79. The number of carbonyl (C=O) groups is 6. The monoisotopic (exact) mass is 1070 g/mol. The highest BCUT2D eigenvalue weighted by Crippen LogP contribution is 2.10. The first-order chi connectivity index (χ1) is 36.1. The number of rotatable bonds is 38. The Kier molecular flexibility index (Phi) is 29.1.